The zero-order valence-electron chi connectivity index (χ0n) is 26.9. The van der Waals surface area contributed by atoms with Crippen molar-refractivity contribution in [3.05, 3.63) is 53.6 Å². The molecule has 5 aliphatic carbocycles. The molecule has 5 aliphatic rings. The third-order valence-corrected chi connectivity index (χ3v) is 13.6. The van der Waals surface area contributed by atoms with Gasteiger partial charge < -0.3 is 9.84 Å². The lowest BCUT2D eigenvalue weighted by atomic mass is 9.35. The Balaban J connectivity index is 1.30. The Hall–Kier alpha value is -2.69. The summed E-state index contributed by atoms with van der Waals surface area (Å²) in [4.78, 5) is 39.8. The summed E-state index contributed by atoms with van der Waals surface area (Å²) in [6.45, 7) is 13.7. The van der Waals surface area contributed by atoms with Crippen molar-refractivity contribution >= 4 is 23.8 Å². The smallest absolute Gasteiger partial charge is 0.331 e. The van der Waals surface area contributed by atoms with Gasteiger partial charge in [-0.2, -0.15) is 0 Å². The van der Waals surface area contributed by atoms with Crippen LogP contribution in [-0.2, 0) is 19.1 Å². The topological polar surface area (TPSA) is 80.7 Å². The van der Waals surface area contributed by atoms with Crippen molar-refractivity contribution in [2.45, 2.75) is 105 Å². The first-order valence-corrected chi connectivity index (χ1v) is 16.6. The second-order valence-corrected chi connectivity index (χ2v) is 16.4. The minimum Gasteiger partial charge on any atom is -0.481 e. The molecule has 0 heterocycles. The number of carbonyl (C=O) groups is 3. The standard InChI is InChI=1S/C38H50O5/c1-34(2)18-14-25-26(23-34)35(3)19-15-28-36(4)21-17-31(43-32(40)13-12-24-10-8-7-9-11-24)38(6,33(41)42)29(36)16-20-37(28,5)30(35)22-27(25)39/h7-13,22,25-26,28-29,31H,14-21,23H2,1-6H3,(H,41,42)/b13-12+/t25-,26+,28+,29+,31+,35-,36+,37+,38-/m0/s1. The molecule has 4 saturated carbocycles. The molecule has 0 aliphatic heterocycles. The number of carboxylic acids is 1. The highest BCUT2D eigenvalue weighted by molar-refractivity contribution is 5.94. The van der Waals surface area contributed by atoms with E-state index in [-0.39, 0.29) is 39.4 Å². The van der Waals surface area contributed by atoms with Gasteiger partial charge in [-0.05, 0) is 122 Å². The molecule has 6 rings (SSSR count). The molecule has 5 heteroatoms. The Morgan fingerprint density at radius 1 is 0.860 bits per heavy atom. The Bertz CT molecular complexity index is 1370. The molecule has 0 saturated heterocycles. The van der Waals surface area contributed by atoms with E-state index in [1.165, 1.54) is 11.6 Å². The van der Waals surface area contributed by atoms with Crippen LogP contribution in [0, 0.1) is 50.7 Å². The van der Waals surface area contributed by atoms with Crippen molar-refractivity contribution in [2.24, 2.45) is 50.7 Å². The van der Waals surface area contributed by atoms with E-state index in [2.05, 4.69) is 40.7 Å². The molecule has 0 bridgehead atoms. The number of hydrogen-bond donors (Lipinski definition) is 1. The fourth-order valence-electron chi connectivity index (χ4n) is 11.4. The SMILES string of the molecule is CC1(C)CC[C@@H]2C(=O)C=C3[C@]4(C)CC[C@@H]5[C@](C)(CC[C@@H](OC(=O)/C=C/c6ccccc6)[C@@]5(C)C(=O)O)[C@H]4CC[C@@]3(C)[C@@H]2C1. The molecular weight excluding hydrogens is 536 g/mol. The van der Waals surface area contributed by atoms with Gasteiger partial charge in [-0.15, -0.1) is 0 Å². The number of carbonyl (C=O) groups excluding carboxylic acids is 2. The number of aliphatic carboxylic acids is 1. The quantitative estimate of drug-likeness (QED) is 0.284. The fourth-order valence-corrected chi connectivity index (χ4v) is 11.4. The van der Waals surface area contributed by atoms with Crippen molar-refractivity contribution in [1.82, 2.24) is 0 Å². The van der Waals surface area contributed by atoms with Gasteiger partial charge in [0.05, 0.1) is 0 Å². The molecule has 1 N–H and O–H groups in total. The minimum atomic E-state index is -1.18. The molecule has 5 nitrogen and oxygen atoms in total. The molecule has 0 spiro atoms. The third kappa shape index (κ3) is 4.58. The van der Waals surface area contributed by atoms with Gasteiger partial charge in [-0.25, -0.2) is 4.79 Å². The van der Waals surface area contributed by atoms with E-state index in [0.717, 1.165) is 56.9 Å². The molecule has 232 valence electrons. The first-order chi connectivity index (χ1) is 20.1. The average molecular weight is 587 g/mol. The molecule has 1 aromatic rings. The summed E-state index contributed by atoms with van der Waals surface area (Å²) in [6, 6.07) is 9.57. The molecular formula is C38H50O5. The lowest BCUT2D eigenvalue weighted by molar-refractivity contribution is -0.211. The minimum absolute atomic E-state index is 0.0125. The Kier molecular flexibility index (Phi) is 7.18. The van der Waals surface area contributed by atoms with Crippen LogP contribution in [0.3, 0.4) is 0 Å². The van der Waals surface area contributed by atoms with Gasteiger partial charge in [-0.1, -0.05) is 70.5 Å². The maximum absolute atomic E-state index is 13.7. The van der Waals surface area contributed by atoms with Gasteiger partial charge in [0.1, 0.15) is 11.5 Å². The molecule has 0 radical (unpaired) electrons. The van der Waals surface area contributed by atoms with E-state index in [1.807, 2.05) is 37.3 Å². The van der Waals surface area contributed by atoms with Gasteiger partial charge in [-0.3, -0.25) is 9.59 Å². The largest absolute Gasteiger partial charge is 0.481 e. The van der Waals surface area contributed by atoms with Gasteiger partial charge in [0.2, 0.25) is 0 Å². The highest BCUT2D eigenvalue weighted by Crippen LogP contribution is 2.73. The number of benzene rings is 1. The van der Waals surface area contributed by atoms with Gasteiger partial charge in [0.25, 0.3) is 0 Å². The summed E-state index contributed by atoms with van der Waals surface area (Å²) in [5.74, 6) is -0.345. The Morgan fingerprint density at radius 2 is 1.53 bits per heavy atom. The van der Waals surface area contributed by atoms with Crippen molar-refractivity contribution < 1.29 is 24.2 Å². The number of hydrogen-bond acceptors (Lipinski definition) is 4. The summed E-state index contributed by atoms with van der Waals surface area (Å²) in [5, 5.41) is 10.8. The zero-order valence-corrected chi connectivity index (χ0v) is 26.9. The first kappa shape index (κ1) is 30.3. The highest BCUT2D eigenvalue weighted by Gasteiger charge is 2.69. The van der Waals surface area contributed by atoms with Crippen LogP contribution in [0.15, 0.2) is 48.1 Å². The van der Waals surface area contributed by atoms with Crippen LogP contribution < -0.4 is 0 Å². The number of carboxylic acid groups (broad SMARTS) is 1. The van der Waals surface area contributed by atoms with Crippen LogP contribution in [-0.4, -0.2) is 28.9 Å². The van der Waals surface area contributed by atoms with E-state index in [4.69, 9.17) is 4.74 Å². The molecule has 0 amide bonds. The second kappa shape index (κ2) is 10.2. The molecule has 0 unspecified atom stereocenters. The number of rotatable bonds is 4. The predicted octanol–water partition coefficient (Wildman–Crippen LogP) is 8.29. The van der Waals surface area contributed by atoms with E-state index in [0.29, 0.717) is 18.1 Å². The van der Waals surface area contributed by atoms with Crippen LogP contribution >= 0.6 is 0 Å². The van der Waals surface area contributed by atoms with E-state index < -0.39 is 23.5 Å². The molecule has 9 atom stereocenters. The van der Waals surface area contributed by atoms with E-state index in [9.17, 15) is 19.5 Å². The molecule has 1 aromatic carbocycles. The molecule has 43 heavy (non-hydrogen) atoms. The summed E-state index contributed by atoms with van der Waals surface area (Å²) < 4.78 is 5.98. The van der Waals surface area contributed by atoms with Crippen LogP contribution in [0.5, 0.6) is 0 Å². The lowest BCUT2D eigenvalue weighted by Gasteiger charge is -2.68. The summed E-state index contributed by atoms with van der Waals surface area (Å²) in [5.41, 5.74) is 0.976. The zero-order chi connectivity index (χ0) is 31.0. The number of fused-ring (bicyclic) bond motifs is 7. The van der Waals surface area contributed by atoms with Crippen molar-refractivity contribution in [2.75, 3.05) is 0 Å². The van der Waals surface area contributed by atoms with Crippen molar-refractivity contribution in [1.29, 1.82) is 0 Å². The van der Waals surface area contributed by atoms with Crippen LogP contribution in [0.1, 0.15) is 105 Å². The maximum Gasteiger partial charge on any atom is 0.331 e. The monoisotopic (exact) mass is 586 g/mol. The van der Waals surface area contributed by atoms with Crippen LogP contribution in [0.2, 0.25) is 0 Å². The van der Waals surface area contributed by atoms with Crippen LogP contribution in [0.25, 0.3) is 6.08 Å². The highest BCUT2D eigenvalue weighted by atomic mass is 16.5. The van der Waals surface area contributed by atoms with E-state index in [1.54, 1.807) is 6.08 Å². The van der Waals surface area contributed by atoms with Gasteiger partial charge in [0, 0.05) is 12.0 Å². The Morgan fingerprint density at radius 3 is 2.23 bits per heavy atom. The number of ether oxygens (including phenoxy) is 1. The third-order valence-electron chi connectivity index (χ3n) is 13.6. The summed E-state index contributed by atoms with van der Waals surface area (Å²) in [6.07, 6.45) is 12.8. The lowest BCUT2D eigenvalue weighted by Crippen LogP contribution is -2.65. The normalized spacial score (nSPS) is 43.4. The maximum atomic E-state index is 13.7. The number of allylic oxidation sites excluding steroid dienone is 2. The number of esters is 1. The molecule has 4 fully saturated rings. The van der Waals surface area contributed by atoms with E-state index >= 15 is 0 Å². The van der Waals surface area contributed by atoms with Crippen molar-refractivity contribution in [3.8, 4) is 0 Å². The Labute approximate surface area is 257 Å². The average Bonchev–Trinajstić information content (AvgIpc) is 2.94. The number of ketones is 1. The van der Waals surface area contributed by atoms with Gasteiger partial charge >= 0.3 is 11.9 Å². The predicted molar refractivity (Wildman–Crippen MR) is 168 cm³/mol. The van der Waals surface area contributed by atoms with Crippen LogP contribution in [0.4, 0.5) is 0 Å². The van der Waals surface area contributed by atoms with Gasteiger partial charge in [0.15, 0.2) is 5.78 Å². The summed E-state index contributed by atoms with van der Waals surface area (Å²) >= 11 is 0. The summed E-state index contributed by atoms with van der Waals surface area (Å²) in [7, 11) is 0. The molecule has 0 aromatic heterocycles. The fraction of sp³-hybridized carbons (Fsp3) is 0.658. The second-order valence-electron chi connectivity index (χ2n) is 16.4. The first-order valence-electron chi connectivity index (χ1n) is 16.6. The van der Waals surface area contributed by atoms with Crippen molar-refractivity contribution in [3.63, 3.8) is 0 Å².